The van der Waals surface area contributed by atoms with Gasteiger partial charge in [0.15, 0.2) is 0 Å². The van der Waals surface area contributed by atoms with E-state index >= 15 is 0 Å². The lowest BCUT2D eigenvalue weighted by atomic mass is 10.1. The number of aromatic nitrogens is 1. The molecule has 1 heterocycles. The van der Waals surface area contributed by atoms with Crippen LogP contribution in [0.2, 0.25) is 0 Å². The second-order valence-electron chi connectivity index (χ2n) is 4.80. The Balaban J connectivity index is 2.14. The molecule has 1 unspecified atom stereocenters. The third kappa shape index (κ3) is 4.73. The van der Waals surface area contributed by atoms with E-state index in [9.17, 15) is 14.4 Å². The van der Waals surface area contributed by atoms with Gasteiger partial charge in [-0.25, -0.2) is 9.37 Å². The van der Waals surface area contributed by atoms with Crippen LogP contribution in [0, 0.1) is 17.1 Å². The van der Waals surface area contributed by atoms with Crippen LogP contribution in [0.25, 0.3) is 6.08 Å². The number of rotatable bonds is 4. The highest BCUT2D eigenvalue weighted by molar-refractivity contribution is 9.10. The van der Waals surface area contributed by atoms with Crippen LogP contribution in [0.4, 0.5) is 4.39 Å². The van der Waals surface area contributed by atoms with E-state index < -0.39 is 5.91 Å². The fourth-order valence-corrected chi connectivity index (χ4v) is 2.27. The molecular weight excluding hydrogens is 361 g/mol. The molecule has 1 atom stereocenters. The number of carbonyl (C=O) groups excluding carboxylic acids is 1. The van der Waals surface area contributed by atoms with Gasteiger partial charge in [0, 0.05) is 0 Å². The first-order valence-corrected chi connectivity index (χ1v) is 7.59. The van der Waals surface area contributed by atoms with Gasteiger partial charge >= 0.3 is 0 Å². The third-order valence-corrected chi connectivity index (χ3v) is 3.55. The van der Waals surface area contributed by atoms with E-state index in [1.54, 1.807) is 37.3 Å². The number of hydrogen-bond donors (Lipinski definition) is 1. The zero-order chi connectivity index (χ0) is 16.8. The lowest BCUT2D eigenvalue weighted by molar-refractivity contribution is -0.117. The monoisotopic (exact) mass is 373 g/mol. The van der Waals surface area contributed by atoms with Gasteiger partial charge in [-0.05, 0) is 58.8 Å². The van der Waals surface area contributed by atoms with Crippen LogP contribution >= 0.6 is 15.9 Å². The Bertz CT molecular complexity index is 781. The van der Waals surface area contributed by atoms with Crippen LogP contribution in [-0.4, -0.2) is 10.9 Å². The van der Waals surface area contributed by atoms with Crippen LogP contribution in [0.1, 0.15) is 24.2 Å². The topological polar surface area (TPSA) is 65.8 Å². The first kappa shape index (κ1) is 16.8. The summed E-state index contributed by atoms with van der Waals surface area (Å²) in [6, 6.07) is 12.5. The third-order valence-electron chi connectivity index (χ3n) is 3.11. The highest BCUT2D eigenvalue weighted by atomic mass is 79.9. The Labute approximate surface area is 141 Å². The summed E-state index contributed by atoms with van der Waals surface area (Å²) >= 11 is 3.23. The van der Waals surface area contributed by atoms with Crippen LogP contribution in [0.5, 0.6) is 0 Å². The summed E-state index contributed by atoms with van der Waals surface area (Å²) in [5.74, 6) is -0.850. The fourth-order valence-electron chi connectivity index (χ4n) is 1.91. The maximum Gasteiger partial charge on any atom is 0.262 e. The van der Waals surface area contributed by atoms with Crippen LogP contribution in [-0.2, 0) is 4.79 Å². The summed E-state index contributed by atoms with van der Waals surface area (Å²) in [4.78, 5) is 16.4. The number of nitrogens with zero attached hydrogens (tertiary/aromatic N) is 2. The highest BCUT2D eigenvalue weighted by Crippen LogP contribution is 2.14. The van der Waals surface area contributed by atoms with Crippen molar-refractivity contribution in [3.63, 3.8) is 0 Å². The summed E-state index contributed by atoms with van der Waals surface area (Å²) < 4.78 is 13.5. The minimum Gasteiger partial charge on any atom is -0.345 e. The average molecular weight is 374 g/mol. The minimum absolute atomic E-state index is 0.0513. The van der Waals surface area contributed by atoms with Crippen molar-refractivity contribution in [1.29, 1.82) is 5.26 Å². The molecular formula is C17H13BrFN3O. The first-order chi connectivity index (χ1) is 11.0. The zero-order valence-corrected chi connectivity index (χ0v) is 13.8. The van der Waals surface area contributed by atoms with Crippen molar-refractivity contribution in [1.82, 2.24) is 10.3 Å². The van der Waals surface area contributed by atoms with E-state index in [4.69, 9.17) is 0 Å². The van der Waals surface area contributed by atoms with Gasteiger partial charge in [-0.1, -0.05) is 18.2 Å². The van der Waals surface area contributed by atoms with E-state index in [1.165, 1.54) is 18.2 Å². The fraction of sp³-hybridized carbons (Fsp3) is 0.118. The largest absolute Gasteiger partial charge is 0.345 e. The number of amides is 1. The molecule has 2 rings (SSSR count). The minimum atomic E-state index is -0.508. The Kier molecular flexibility index (Phi) is 5.61. The van der Waals surface area contributed by atoms with Gasteiger partial charge in [0.25, 0.3) is 5.91 Å². The summed E-state index contributed by atoms with van der Waals surface area (Å²) in [6.07, 6.45) is 1.41. The average Bonchev–Trinajstić information content (AvgIpc) is 2.53. The molecule has 1 aromatic carbocycles. The second-order valence-corrected chi connectivity index (χ2v) is 5.61. The van der Waals surface area contributed by atoms with Gasteiger partial charge in [0.05, 0.1) is 11.7 Å². The highest BCUT2D eigenvalue weighted by Gasteiger charge is 2.14. The molecule has 1 N–H and O–H groups in total. The molecule has 0 saturated carbocycles. The number of pyridine rings is 1. The molecule has 23 heavy (non-hydrogen) atoms. The van der Waals surface area contributed by atoms with Crippen molar-refractivity contribution in [2.24, 2.45) is 0 Å². The van der Waals surface area contributed by atoms with Gasteiger partial charge < -0.3 is 5.32 Å². The number of benzene rings is 1. The normalized spacial score (nSPS) is 12.3. The lowest BCUT2D eigenvalue weighted by Gasteiger charge is -2.13. The molecule has 0 aliphatic rings. The van der Waals surface area contributed by atoms with Gasteiger partial charge in [-0.3, -0.25) is 4.79 Å². The lowest BCUT2D eigenvalue weighted by Crippen LogP contribution is -2.27. The molecule has 0 aliphatic heterocycles. The Morgan fingerprint density at radius 1 is 1.35 bits per heavy atom. The summed E-state index contributed by atoms with van der Waals surface area (Å²) in [7, 11) is 0. The molecule has 2 aromatic rings. The molecule has 0 saturated heterocycles. The summed E-state index contributed by atoms with van der Waals surface area (Å²) in [5.41, 5.74) is 1.20. The van der Waals surface area contributed by atoms with Crippen molar-refractivity contribution >= 4 is 27.9 Å². The molecule has 0 spiro atoms. The molecule has 0 radical (unpaired) electrons. The SMILES string of the molecule is CC(NC(=O)/C(C#N)=C/c1cccc(Br)n1)c1ccc(F)cc1. The molecule has 0 bridgehead atoms. The Hall–Kier alpha value is -2.52. The molecule has 0 aliphatic carbocycles. The Morgan fingerprint density at radius 3 is 2.65 bits per heavy atom. The predicted molar refractivity (Wildman–Crippen MR) is 88.5 cm³/mol. The molecule has 0 fully saturated rings. The first-order valence-electron chi connectivity index (χ1n) is 6.80. The van der Waals surface area contributed by atoms with Crippen LogP contribution in [0.15, 0.2) is 52.6 Å². The van der Waals surface area contributed by atoms with E-state index in [-0.39, 0.29) is 17.4 Å². The predicted octanol–water partition coefficient (Wildman–Crippen LogP) is 3.77. The van der Waals surface area contributed by atoms with Gasteiger partial charge in [0.1, 0.15) is 22.1 Å². The van der Waals surface area contributed by atoms with Crippen LogP contribution in [0.3, 0.4) is 0 Å². The Morgan fingerprint density at radius 2 is 2.04 bits per heavy atom. The molecule has 1 aromatic heterocycles. The molecule has 116 valence electrons. The van der Waals surface area contributed by atoms with E-state index in [0.717, 1.165) is 5.56 Å². The van der Waals surface area contributed by atoms with E-state index in [1.807, 2.05) is 6.07 Å². The number of carbonyl (C=O) groups is 1. The van der Waals surface area contributed by atoms with E-state index in [2.05, 4.69) is 26.2 Å². The standard InChI is InChI=1S/C17H13BrFN3O/c1-11(12-5-7-14(19)8-6-12)21-17(23)13(10-20)9-15-3-2-4-16(18)22-15/h2-9,11H,1H3,(H,21,23)/b13-9+. The van der Waals surface area contributed by atoms with Crippen molar-refractivity contribution in [3.8, 4) is 6.07 Å². The smallest absolute Gasteiger partial charge is 0.262 e. The van der Waals surface area contributed by atoms with Gasteiger partial charge in [-0.2, -0.15) is 5.26 Å². The zero-order valence-electron chi connectivity index (χ0n) is 12.3. The van der Waals surface area contributed by atoms with Gasteiger partial charge in [0.2, 0.25) is 0 Å². The number of hydrogen-bond acceptors (Lipinski definition) is 3. The number of nitriles is 1. The van der Waals surface area contributed by atoms with Gasteiger partial charge in [-0.15, -0.1) is 0 Å². The van der Waals surface area contributed by atoms with Crippen molar-refractivity contribution in [2.45, 2.75) is 13.0 Å². The maximum absolute atomic E-state index is 12.9. The van der Waals surface area contributed by atoms with Crippen molar-refractivity contribution < 1.29 is 9.18 Å². The maximum atomic E-state index is 12.9. The summed E-state index contributed by atoms with van der Waals surface area (Å²) in [5, 5.41) is 11.9. The molecule has 6 heteroatoms. The van der Waals surface area contributed by atoms with E-state index in [0.29, 0.717) is 10.3 Å². The van der Waals surface area contributed by atoms with Crippen LogP contribution < -0.4 is 5.32 Å². The number of halogens is 2. The second kappa shape index (κ2) is 7.65. The van der Waals surface area contributed by atoms with Crippen molar-refractivity contribution in [2.75, 3.05) is 0 Å². The summed E-state index contributed by atoms with van der Waals surface area (Å²) in [6.45, 7) is 1.76. The number of nitrogens with one attached hydrogen (secondary N) is 1. The molecule has 1 amide bonds. The van der Waals surface area contributed by atoms with Crippen molar-refractivity contribution in [3.05, 3.63) is 69.7 Å². The quantitative estimate of drug-likeness (QED) is 0.503. The molecule has 4 nitrogen and oxygen atoms in total.